The van der Waals surface area contributed by atoms with Crippen LogP contribution in [0.1, 0.15) is 15.9 Å². The molecule has 0 atom stereocenters. The molecule has 3 aromatic rings. The Hall–Kier alpha value is -2.92. The van der Waals surface area contributed by atoms with Crippen molar-refractivity contribution in [3.8, 4) is 5.75 Å². The van der Waals surface area contributed by atoms with Crippen molar-refractivity contribution in [2.45, 2.75) is 6.92 Å². The molecule has 0 fully saturated rings. The molecular formula is C18H13ClN2O3. The average molecular weight is 341 g/mol. The quantitative estimate of drug-likeness (QED) is 0.607. The topological polar surface area (TPSA) is 82.2 Å². The molecule has 0 bridgehead atoms. The maximum absolute atomic E-state index is 11.3. The van der Waals surface area contributed by atoms with E-state index in [1.807, 2.05) is 13.0 Å². The molecule has 0 aliphatic rings. The molecule has 0 saturated heterocycles. The predicted molar refractivity (Wildman–Crippen MR) is 92.9 cm³/mol. The summed E-state index contributed by atoms with van der Waals surface area (Å²) in [5.74, 6) is -1.65. The third kappa shape index (κ3) is 2.81. The first-order valence-corrected chi connectivity index (χ1v) is 7.51. The SMILES string of the molecule is Cc1cccc(Cl)c1N=Nc1c(O)c(C(=O)O)cc2ccccc12. The molecule has 5 nitrogen and oxygen atoms in total. The number of rotatable bonds is 3. The van der Waals surface area contributed by atoms with Gasteiger partial charge in [-0.1, -0.05) is 48.0 Å². The molecule has 0 aromatic heterocycles. The molecule has 3 aromatic carbocycles. The molecule has 0 radical (unpaired) electrons. The highest BCUT2D eigenvalue weighted by Gasteiger charge is 2.17. The first kappa shape index (κ1) is 16.0. The molecule has 3 rings (SSSR count). The number of nitrogens with zero attached hydrogens (tertiary/aromatic N) is 2. The van der Waals surface area contributed by atoms with E-state index in [9.17, 15) is 15.0 Å². The minimum absolute atomic E-state index is 0.102. The Bertz CT molecular complexity index is 963. The fourth-order valence-electron chi connectivity index (χ4n) is 2.43. The van der Waals surface area contributed by atoms with Gasteiger partial charge in [-0.15, -0.1) is 10.2 Å². The molecule has 0 aliphatic heterocycles. The largest absolute Gasteiger partial charge is 0.505 e. The first-order chi connectivity index (χ1) is 11.5. The lowest BCUT2D eigenvalue weighted by Crippen LogP contribution is -1.97. The van der Waals surface area contributed by atoms with Crippen molar-refractivity contribution in [2.75, 3.05) is 0 Å². The van der Waals surface area contributed by atoms with Crippen LogP contribution in [-0.4, -0.2) is 16.2 Å². The van der Waals surface area contributed by atoms with Crippen LogP contribution in [0, 0.1) is 6.92 Å². The normalized spacial score (nSPS) is 11.2. The second kappa shape index (κ2) is 6.29. The summed E-state index contributed by atoms with van der Waals surface area (Å²) in [6.07, 6.45) is 0. The summed E-state index contributed by atoms with van der Waals surface area (Å²) in [5, 5.41) is 29.5. The van der Waals surface area contributed by atoms with Crippen LogP contribution < -0.4 is 0 Å². The number of hydrogen-bond donors (Lipinski definition) is 2. The summed E-state index contributed by atoms with van der Waals surface area (Å²) in [5.41, 5.74) is 1.18. The lowest BCUT2D eigenvalue weighted by Gasteiger charge is -2.08. The van der Waals surface area contributed by atoms with Crippen LogP contribution in [0.15, 0.2) is 58.8 Å². The van der Waals surface area contributed by atoms with E-state index in [-0.39, 0.29) is 11.3 Å². The van der Waals surface area contributed by atoms with Crippen molar-refractivity contribution in [1.82, 2.24) is 0 Å². The zero-order valence-electron chi connectivity index (χ0n) is 12.7. The predicted octanol–water partition coefficient (Wildman–Crippen LogP) is 5.62. The summed E-state index contributed by atoms with van der Waals surface area (Å²) in [6.45, 7) is 1.84. The van der Waals surface area contributed by atoms with E-state index in [1.54, 1.807) is 36.4 Å². The van der Waals surface area contributed by atoms with Gasteiger partial charge < -0.3 is 10.2 Å². The molecular weight excluding hydrogens is 328 g/mol. The highest BCUT2D eigenvalue weighted by atomic mass is 35.5. The standard InChI is InChI=1S/C18H13ClN2O3/c1-10-5-4-8-14(19)15(10)20-21-16-12-7-3-2-6-11(12)9-13(17(16)22)18(23)24/h2-9,22H,1H3,(H,23,24). The molecule has 0 spiro atoms. The van der Waals surface area contributed by atoms with Crippen molar-refractivity contribution in [2.24, 2.45) is 10.2 Å². The number of carboxylic acid groups (broad SMARTS) is 1. The fraction of sp³-hybridized carbons (Fsp3) is 0.0556. The lowest BCUT2D eigenvalue weighted by atomic mass is 10.0. The maximum atomic E-state index is 11.3. The van der Waals surface area contributed by atoms with Crippen molar-refractivity contribution < 1.29 is 15.0 Å². The first-order valence-electron chi connectivity index (χ1n) is 7.14. The van der Waals surface area contributed by atoms with E-state index < -0.39 is 11.7 Å². The lowest BCUT2D eigenvalue weighted by molar-refractivity contribution is 0.0694. The monoisotopic (exact) mass is 340 g/mol. The Morgan fingerprint density at radius 1 is 1.04 bits per heavy atom. The van der Waals surface area contributed by atoms with Crippen molar-refractivity contribution >= 4 is 39.7 Å². The number of carboxylic acids is 1. The van der Waals surface area contributed by atoms with Gasteiger partial charge in [0.2, 0.25) is 0 Å². The smallest absolute Gasteiger partial charge is 0.339 e. The fourth-order valence-corrected chi connectivity index (χ4v) is 2.69. The van der Waals surface area contributed by atoms with Gasteiger partial charge in [0.1, 0.15) is 16.9 Å². The number of fused-ring (bicyclic) bond motifs is 1. The van der Waals surface area contributed by atoms with Crippen molar-refractivity contribution in [3.63, 3.8) is 0 Å². The van der Waals surface area contributed by atoms with Gasteiger partial charge in [0.15, 0.2) is 5.75 Å². The molecule has 6 heteroatoms. The van der Waals surface area contributed by atoms with E-state index in [0.29, 0.717) is 21.5 Å². The summed E-state index contributed by atoms with van der Waals surface area (Å²) in [6, 6.07) is 13.8. The minimum atomic E-state index is -1.23. The van der Waals surface area contributed by atoms with Gasteiger partial charge in [-0.05, 0) is 30.0 Å². The third-order valence-electron chi connectivity index (χ3n) is 3.66. The number of aromatic hydroxyl groups is 1. The summed E-state index contributed by atoms with van der Waals surface area (Å²) >= 11 is 6.13. The highest BCUT2D eigenvalue weighted by molar-refractivity contribution is 6.33. The Labute approximate surface area is 142 Å². The number of aromatic carboxylic acids is 1. The number of azo groups is 1. The van der Waals surface area contributed by atoms with Crippen LogP contribution in [-0.2, 0) is 0 Å². The Balaban J connectivity index is 2.23. The second-order valence-electron chi connectivity index (χ2n) is 5.25. The summed E-state index contributed by atoms with van der Waals surface area (Å²) in [7, 11) is 0. The van der Waals surface area contributed by atoms with Gasteiger partial charge >= 0.3 is 5.97 Å². The number of aryl methyl sites for hydroxylation is 1. The van der Waals surface area contributed by atoms with E-state index in [2.05, 4.69) is 10.2 Å². The molecule has 24 heavy (non-hydrogen) atoms. The van der Waals surface area contributed by atoms with Crippen LogP contribution in [0.25, 0.3) is 10.8 Å². The van der Waals surface area contributed by atoms with E-state index in [4.69, 9.17) is 11.6 Å². The van der Waals surface area contributed by atoms with Crippen LogP contribution in [0.5, 0.6) is 5.75 Å². The molecule has 2 N–H and O–H groups in total. The summed E-state index contributed by atoms with van der Waals surface area (Å²) < 4.78 is 0. The maximum Gasteiger partial charge on any atom is 0.339 e. The third-order valence-corrected chi connectivity index (χ3v) is 3.97. The number of phenols is 1. The van der Waals surface area contributed by atoms with Gasteiger partial charge in [-0.3, -0.25) is 0 Å². The molecule has 0 amide bonds. The average Bonchev–Trinajstić information content (AvgIpc) is 2.55. The Morgan fingerprint density at radius 2 is 1.75 bits per heavy atom. The van der Waals surface area contributed by atoms with Gasteiger partial charge in [0.05, 0.1) is 5.02 Å². The van der Waals surface area contributed by atoms with Crippen molar-refractivity contribution in [3.05, 3.63) is 64.7 Å². The molecule has 120 valence electrons. The Kier molecular flexibility index (Phi) is 4.18. The van der Waals surface area contributed by atoms with Gasteiger partial charge in [-0.2, -0.15) is 0 Å². The van der Waals surface area contributed by atoms with E-state index in [0.717, 1.165) is 5.56 Å². The second-order valence-corrected chi connectivity index (χ2v) is 5.66. The van der Waals surface area contributed by atoms with Gasteiger partial charge in [-0.25, -0.2) is 4.79 Å². The van der Waals surface area contributed by atoms with Crippen LogP contribution >= 0.6 is 11.6 Å². The van der Waals surface area contributed by atoms with Crippen LogP contribution in [0.4, 0.5) is 11.4 Å². The van der Waals surface area contributed by atoms with E-state index >= 15 is 0 Å². The number of carbonyl (C=O) groups is 1. The van der Waals surface area contributed by atoms with Crippen molar-refractivity contribution in [1.29, 1.82) is 0 Å². The highest BCUT2D eigenvalue weighted by Crippen LogP contribution is 2.40. The number of hydrogen-bond acceptors (Lipinski definition) is 4. The van der Waals surface area contributed by atoms with Gasteiger partial charge in [0, 0.05) is 5.39 Å². The molecule has 0 aliphatic carbocycles. The zero-order valence-corrected chi connectivity index (χ0v) is 13.4. The molecule has 0 heterocycles. The molecule has 0 saturated carbocycles. The van der Waals surface area contributed by atoms with Crippen LogP contribution in [0.3, 0.4) is 0 Å². The van der Waals surface area contributed by atoms with E-state index in [1.165, 1.54) is 6.07 Å². The summed E-state index contributed by atoms with van der Waals surface area (Å²) in [4.78, 5) is 11.3. The minimum Gasteiger partial charge on any atom is -0.505 e. The Morgan fingerprint density at radius 3 is 2.46 bits per heavy atom. The molecule has 0 unspecified atom stereocenters. The van der Waals surface area contributed by atoms with Gasteiger partial charge in [0.25, 0.3) is 0 Å². The number of benzene rings is 3. The zero-order chi connectivity index (χ0) is 17.3. The van der Waals surface area contributed by atoms with Crippen LogP contribution in [0.2, 0.25) is 5.02 Å². The number of halogens is 1.